The average Bonchev–Trinajstić information content (AvgIpc) is 2.37. The van der Waals surface area contributed by atoms with E-state index in [1.54, 1.807) is 13.8 Å². The van der Waals surface area contributed by atoms with Gasteiger partial charge in [0.1, 0.15) is 0 Å². The fraction of sp³-hybridized carbons (Fsp3) is 0.429. The van der Waals surface area contributed by atoms with E-state index in [1.807, 2.05) is 24.3 Å². The molecule has 0 saturated heterocycles. The van der Waals surface area contributed by atoms with Gasteiger partial charge in [-0.15, -0.1) is 0 Å². The minimum atomic E-state index is -0.983. The molecule has 1 aromatic carbocycles. The summed E-state index contributed by atoms with van der Waals surface area (Å²) in [7, 11) is 0. The number of carbonyl (C=O) groups excluding carboxylic acids is 1. The van der Waals surface area contributed by atoms with Crippen molar-refractivity contribution >= 4 is 17.7 Å². The molecule has 0 atom stereocenters. The van der Waals surface area contributed by atoms with Gasteiger partial charge in [0.25, 0.3) is 0 Å². The molecule has 0 aromatic heterocycles. The van der Waals surface area contributed by atoms with E-state index in [4.69, 9.17) is 5.11 Å². The van der Waals surface area contributed by atoms with Crippen molar-refractivity contribution in [3.8, 4) is 0 Å². The van der Waals surface area contributed by atoms with E-state index >= 15 is 0 Å². The third-order valence-electron chi connectivity index (χ3n) is 2.89. The topological polar surface area (TPSA) is 78.4 Å². The highest BCUT2D eigenvalue weighted by Gasteiger charge is 2.27. The van der Waals surface area contributed by atoms with Gasteiger partial charge in [0.15, 0.2) is 0 Å². The van der Waals surface area contributed by atoms with E-state index in [9.17, 15) is 9.59 Å². The number of amides is 2. The summed E-state index contributed by atoms with van der Waals surface area (Å²) >= 11 is 0. The molecular formula is C14H20N2O3. The molecule has 2 amide bonds. The Kier molecular flexibility index (Phi) is 4.92. The lowest BCUT2D eigenvalue weighted by Crippen LogP contribution is -2.40. The van der Waals surface area contributed by atoms with Crippen LogP contribution >= 0.6 is 0 Å². The molecule has 0 aliphatic heterocycles. The van der Waals surface area contributed by atoms with Crippen molar-refractivity contribution in [2.75, 3.05) is 11.9 Å². The molecule has 0 unspecified atom stereocenters. The number of nitrogens with one attached hydrogen (secondary N) is 2. The zero-order valence-electron chi connectivity index (χ0n) is 11.5. The molecule has 3 N–H and O–H groups in total. The number of benzene rings is 1. The first kappa shape index (κ1) is 15.0. The largest absolute Gasteiger partial charge is 0.481 e. The van der Waals surface area contributed by atoms with Crippen molar-refractivity contribution in [3.05, 3.63) is 29.8 Å². The highest BCUT2D eigenvalue weighted by Crippen LogP contribution is 2.13. The summed E-state index contributed by atoms with van der Waals surface area (Å²) in [6.07, 6.45) is 0.944. The summed E-state index contributed by atoms with van der Waals surface area (Å²) in [5.41, 5.74) is 0.893. The standard InChI is InChI=1S/C14H20N2O3/c1-4-10-5-7-11(8-6-10)16-13(19)15-9-14(2,3)12(17)18/h5-8H,4,9H2,1-3H3,(H,17,18)(H2,15,16,19). The Balaban J connectivity index is 2.49. The summed E-state index contributed by atoms with van der Waals surface area (Å²) in [5, 5.41) is 14.1. The van der Waals surface area contributed by atoms with Gasteiger partial charge in [-0.25, -0.2) is 4.79 Å². The van der Waals surface area contributed by atoms with Gasteiger partial charge >= 0.3 is 12.0 Å². The molecule has 0 heterocycles. The van der Waals surface area contributed by atoms with E-state index in [2.05, 4.69) is 17.6 Å². The van der Waals surface area contributed by atoms with E-state index in [0.717, 1.165) is 6.42 Å². The molecule has 5 nitrogen and oxygen atoms in total. The van der Waals surface area contributed by atoms with Gasteiger partial charge in [-0.05, 0) is 38.0 Å². The summed E-state index contributed by atoms with van der Waals surface area (Å²) in [6.45, 7) is 5.25. The number of aliphatic carboxylic acids is 1. The molecule has 5 heteroatoms. The fourth-order valence-corrected chi connectivity index (χ4v) is 1.38. The Labute approximate surface area is 113 Å². The summed E-state index contributed by atoms with van der Waals surface area (Å²) < 4.78 is 0. The van der Waals surface area contributed by atoms with E-state index in [-0.39, 0.29) is 6.54 Å². The van der Waals surface area contributed by atoms with Crippen molar-refractivity contribution in [1.29, 1.82) is 0 Å². The number of aryl methyl sites for hydroxylation is 1. The molecule has 0 saturated carbocycles. The number of anilines is 1. The Morgan fingerprint density at radius 1 is 1.21 bits per heavy atom. The first-order chi connectivity index (χ1) is 8.85. The molecule has 0 aliphatic rings. The van der Waals surface area contributed by atoms with Crippen LogP contribution in [0.15, 0.2) is 24.3 Å². The lowest BCUT2D eigenvalue weighted by molar-refractivity contribution is -0.146. The van der Waals surface area contributed by atoms with Gasteiger partial charge in [0, 0.05) is 12.2 Å². The van der Waals surface area contributed by atoms with Crippen LogP contribution in [0.3, 0.4) is 0 Å². The van der Waals surface area contributed by atoms with Gasteiger partial charge in [-0.2, -0.15) is 0 Å². The Morgan fingerprint density at radius 3 is 2.26 bits per heavy atom. The van der Waals surface area contributed by atoms with Gasteiger partial charge in [-0.3, -0.25) is 4.79 Å². The number of carboxylic acid groups (broad SMARTS) is 1. The number of rotatable bonds is 5. The van der Waals surface area contributed by atoms with Crippen LogP contribution in [0.5, 0.6) is 0 Å². The molecular weight excluding hydrogens is 244 g/mol. The van der Waals surface area contributed by atoms with Crippen LogP contribution in [0, 0.1) is 5.41 Å². The Hall–Kier alpha value is -2.04. The van der Waals surface area contributed by atoms with Crippen molar-refractivity contribution in [2.45, 2.75) is 27.2 Å². The predicted octanol–water partition coefficient (Wildman–Crippen LogP) is 2.48. The molecule has 0 radical (unpaired) electrons. The quantitative estimate of drug-likeness (QED) is 0.764. The minimum Gasteiger partial charge on any atom is -0.481 e. The van der Waals surface area contributed by atoms with Gasteiger partial charge in [-0.1, -0.05) is 19.1 Å². The van der Waals surface area contributed by atoms with E-state index < -0.39 is 17.4 Å². The Bertz CT molecular complexity index is 452. The van der Waals surface area contributed by atoms with Crippen molar-refractivity contribution in [2.24, 2.45) is 5.41 Å². The fourth-order valence-electron chi connectivity index (χ4n) is 1.38. The normalized spacial score (nSPS) is 10.9. The third kappa shape index (κ3) is 4.62. The van der Waals surface area contributed by atoms with E-state index in [0.29, 0.717) is 5.69 Å². The number of hydrogen-bond acceptors (Lipinski definition) is 2. The lowest BCUT2D eigenvalue weighted by atomic mass is 9.94. The molecule has 19 heavy (non-hydrogen) atoms. The van der Waals surface area contributed by atoms with Gasteiger partial charge in [0.2, 0.25) is 0 Å². The van der Waals surface area contributed by atoms with Crippen LogP contribution in [0.2, 0.25) is 0 Å². The predicted molar refractivity (Wildman–Crippen MR) is 74.3 cm³/mol. The molecule has 0 bridgehead atoms. The molecule has 1 aromatic rings. The zero-order valence-corrected chi connectivity index (χ0v) is 11.5. The van der Waals surface area contributed by atoms with Crippen LogP contribution in [-0.2, 0) is 11.2 Å². The SMILES string of the molecule is CCc1ccc(NC(=O)NCC(C)(C)C(=O)O)cc1. The smallest absolute Gasteiger partial charge is 0.319 e. The third-order valence-corrected chi connectivity index (χ3v) is 2.89. The number of urea groups is 1. The summed E-state index contributed by atoms with van der Waals surface area (Å²) in [4.78, 5) is 22.5. The maximum absolute atomic E-state index is 11.6. The molecule has 104 valence electrons. The molecule has 0 aliphatic carbocycles. The highest BCUT2D eigenvalue weighted by molar-refractivity contribution is 5.89. The summed E-state index contributed by atoms with van der Waals surface area (Å²) in [6, 6.07) is 7.12. The van der Waals surface area contributed by atoms with Crippen LogP contribution in [0.1, 0.15) is 26.3 Å². The maximum atomic E-state index is 11.6. The number of carboxylic acids is 1. The van der Waals surface area contributed by atoms with Crippen molar-refractivity contribution in [3.63, 3.8) is 0 Å². The van der Waals surface area contributed by atoms with Crippen molar-refractivity contribution < 1.29 is 14.7 Å². The second-order valence-electron chi connectivity index (χ2n) is 5.05. The number of carbonyl (C=O) groups is 2. The summed E-state index contributed by atoms with van der Waals surface area (Å²) in [5.74, 6) is -0.944. The lowest BCUT2D eigenvalue weighted by Gasteiger charge is -2.19. The van der Waals surface area contributed by atoms with Crippen LogP contribution < -0.4 is 10.6 Å². The first-order valence-corrected chi connectivity index (χ1v) is 6.22. The minimum absolute atomic E-state index is 0.0706. The number of hydrogen-bond donors (Lipinski definition) is 3. The average molecular weight is 264 g/mol. The van der Waals surface area contributed by atoms with Crippen LogP contribution in [-0.4, -0.2) is 23.7 Å². The first-order valence-electron chi connectivity index (χ1n) is 6.22. The molecule has 1 rings (SSSR count). The second-order valence-corrected chi connectivity index (χ2v) is 5.05. The molecule has 0 fully saturated rings. The van der Waals surface area contributed by atoms with Gasteiger partial charge in [0.05, 0.1) is 5.41 Å². The maximum Gasteiger partial charge on any atom is 0.319 e. The van der Waals surface area contributed by atoms with Crippen LogP contribution in [0.25, 0.3) is 0 Å². The van der Waals surface area contributed by atoms with E-state index in [1.165, 1.54) is 5.56 Å². The molecule has 0 spiro atoms. The second kappa shape index (κ2) is 6.22. The van der Waals surface area contributed by atoms with Crippen molar-refractivity contribution in [1.82, 2.24) is 5.32 Å². The monoisotopic (exact) mass is 264 g/mol. The van der Waals surface area contributed by atoms with Crippen LogP contribution in [0.4, 0.5) is 10.5 Å². The zero-order chi connectivity index (χ0) is 14.5. The highest BCUT2D eigenvalue weighted by atomic mass is 16.4. The van der Waals surface area contributed by atoms with Gasteiger partial charge < -0.3 is 15.7 Å². The Morgan fingerprint density at radius 2 is 1.79 bits per heavy atom.